The van der Waals surface area contributed by atoms with Gasteiger partial charge in [0, 0.05) is 31.1 Å². The van der Waals surface area contributed by atoms with Gasteiger partial charge in [-0.05, 0) is 26.0 Å². The van der Waals surface area contributed by atoms with Gasteiger partial charge in [0.2, 0.25) is 0 Å². The minimum atomic E-state index is -0.0650. The largest absolute Gasteiger partial charge is 0.379 e. The Morgan fingerprint density at radius 3 is 2.86 bits per heavy atom. The van der Waals surface area contributed by atoms with Crippen molar-refractivity contribution in [1.82, 2.24) is 15.0 Å². The Bertz CT molecular complexity index is 674. The number of carbonyl (C=O) groups is 1. The summed E-state index contributed by atoms with van der Waals surface area (Å²) in [5.74, 6) is 0.976. The first-order chi connectivity index (χ1) is 10.5. The Morgan fingerprint density at radius 2 is 2.23 bits per heavy atom. The number of hydrogen-bond acceptors (Lipinski definition) is 4. The maximum absolute atomic E-state index is 12.4. The van der Waals surface area contributed by atoms with Crippen molar-refractivity contribution in [2.45, 2.75) is 26.3 Å². The summed E-state index contributed by atoms with van der Waals surface area (Å²) in [6.07, 6.45) is 0.720. The molecule has 1 aliphatic heterocycles. The minimum Gasteiger partial charge on any atom is -0.379 e. The second-order valence-electron chi connectivity index (χ2n) is 5.94. The highest BCUT2D eigenvalue weighted by Gasteiger charge is 2.31. The summed E-state index contributed by atoms with van der Waals surface area (Å²) in [6, 6.07) is 5.70. The smallest absolute Gasteiger partial charge is 0.268 e. The molecule has 0 unspecified atom stereocenters. The standard InChI is InChI=1S/C16H21N3O3/c1-10-6-13(22-18-10)7-12-8-21-9-14(12)17-16(20)15-5-4-11(2)19(15)3/h4-6,12,14H,7-9H2,1-3H3,(H,17,20)/t12-,14+/m1/s1. The number of carbonyl (C=O) groups excluding carboxylic acids is 1. The van der Waals surface area contributed by atoms with E-state index in [0.717, 1.165) is 23.6 Å². The number of nitrogens with one attached hydrogen (secondary N) is 1. The number of hydrogen-bond donors (Lipinski definition) is 1. The molecule has 3 rings (SSSR count). The molecule has 118 valence electrons. The van der Waals surface area contributed by atoms with E-state index in [0.29, 0.717) is 18.9 Å². The molecular formula is C16H21N3O3. The molecule has 1 N–H and O–H groups in total. The lowest BCUT2D eigenvalue weighted by molar-refractivity contribution is 0.0916. The van der Waals surface area contributed by atoms with E-state index in [2.05, 4.69) is 10.5 Å². The Balaban J connectivity index is 1.66. The second kappa shape index (κ2) is 5.96. The van der Waals surface area contributed by atoms with E-state index in [1.165, 1.54) is 0 Å². The zero-order chi connectivity index (χ0) is 15.7. The molecule has 3 heterocycles. The molecule has 1 aliphatic rings. The summed E-state index contributed by atoms with van der Waals surface area (Å²) in [6.45, 7) is 5.03. The maximum atomic E-state index is 12.4. The molecule has 22 heavy (non-hydrogen) atoms. The average molecular weight is 303 g/mol. The summed E-state index contributed by atoms with van der Waals surface area (Å²) >= 11 is 0. The van der Waals surface area contributed by atoms with E-state index in [-0.39, 0.29) is 17.9 Å². The van der Waals surface area contributed by atoms with Crippen LogP contribution in [0.1, 0.15) is 27.6 Å². The van der Waals surface area contributed by atoms with Crippen LogP contribution in [-0.4, -0.2) is 34.9 Å². The Hall–Kier alpha value is -2.08. The van der Waals surface area contributed by atoms with Crippen LogP contribution in [0.25, 0.3) is 0 Å². The molecule has 0 spiro atoms. The number of aromatic nitrogens is 2. The topological polar surface area (TPSA) is 69.3 Å². The molecule has 1 fully saturated rings. The van der Waals surface area contributed by atoms with Gasteiger partial charge >= 0.3 is 0 Å². The van der Waals surface area contributed by atoms with Crippen LogP contribution in [0.3, 0.4) is 0 Å². The van der Waals surface area contributed by atoms with Gasteiger partial charge in [0.15, 0.2) is 0 Å². The van der Waals surface area contributed by atoms with E-state index in [1.54, 1.807) is 0 Å². The molecule has 6 heteroatoms. The van der Waals surface area contributed by atoms with E-state index in [4.69, 9.17) is 9.26 Å². The van der Waals surface area contributed by atoms with Gasteiger partial charge < -0.3 is 19.1 Å². The third-order valence-electron chi connectivity index (χ3n) is 4.26. The van der Waals surface area contributed by atoms with Crippen LogP contribution in [0, 0.1) is 19.8 Å². The van der Waals surface area contributed by atoms with Crippen LogP contribution in [0.2, 0.25) is 0 Å². The minimum absolute atomic E-state index is 0.00638. The lowest BCUT2D eigenvalue weighted by atomic mass is 9.98. The van der Waals surface area contributed by atoms with Crippen molar-refractivity contribution in [3.63, 3.8) is 0 Å². The van der Waals surface area contributed by atoms with Gasteiger partial charge in [-0.2, -0.15) is 0 Å². The third kappa shape index (κ3) is 2.92. The van der Waals surface area contributed by atoms with Gasteiger partial charge in [-0.3, -0.25) is 4.79 Å². The fourth-order valence-corrected chi connectivity index (χ4v) is 2.81. The van der Waals surface area contributed by atoms with Crippen molar-refractivity contribution in [2.75, 3.05) is 13.2 Å². The monoisotopic (exact) mass is 303 g/mol. The SMILES string of the molecule is Cc1cc(C[C@@H]2COC[C@@H]2NC(=O)c2ccc(C)n2C)on1. The molecule has 2 aromatic heterocycles. The summed E-state index contributed by atoms with van der Waals surface area (Å²) < 4.78 is 12.7. The normalized spacial score (nSPS) is 21.2. The number of ether oxygens (including phenoxy) is 1. The van der Waals surface area contributed by atoms with Gasteiger partial charge in [0.25, 0.3) is 5.91 Å². The van der Waals surface area contributed by atoms with Gasteiger partial charge in [-0.15, -0.1) is 0 Å². The molecule has 0 aliphatic carbocycles. The Morgan fingerprint density at radius 1 is 1.41 bits per heavy atom. The molecule has 6 nitrogen and oxygen atoms in total. The molecule has 1 saturated heterocycles. The first kappa shape index (κ1) is 14.8. The van der Waals surface area contributed by atoms with Crippen molar-refractivity contribution in [2.24, 2.45) is 13.0 Å². The number of amides is 1. The average Bonchev–Trinajstić information content (AvgIpc) is 3.16. The first-order valence-corrected chi connectivity index (χ1v) is 7.47. The zero-order valence-electron chi connectivity index (χ0n) is 13.1. The van der Waals surface area contributed by atoms with Gasteiger partial charge in [0.05, 0.1) is 24.9 Å². The molecule has 1 amide bonds. The molecule has 0 bridgehead atoms. The number of aryl methyl sites for hydroxylation is 2. The fourth-order valence-electron chi connectivity index (χ4n) is 2.81. The van der Waals surface area contributed by atoms with E-state index in [1.807, 2.05) is 43.7 Å². The van der Waals surface area contributed by atoms with Crippen LogP contribution >= 0.6 is 0 Å². The van der Waals surface area contributed by atoms with E-state index < -0.39 is 0 Å². The summed E-state index contributed by atoms with van der Waals surface area (Å²) in [7, 11) is 1.89. The molecule has 2 atom stereocenters. The number of nitrogens with zero attached hydrogens (tertiary/aromatic N) is 2. The highest BCUT2D eigenvalue weighted by Crippen LogP contribution is 2.20. The number of rotatable bonds is 4. The summed E-state index contributed by atoms with van der Waals surface area (Å²) in [5.41, 5.74) is 2.59. The Labute approximate surface area is 129 Å². The van der Waals surface area contributed by atoms with E-state index >= 15 is 0 Å². The van der Waals surface area contributed by atoms with Crippen LogP contribution in [-0.2, 0) is 18.2 Å². The van der Waals surface area contributed by atoms with Crippen molar-refractivity contribution in [3.05, 3.63) is 41.0 Å². The predicted molar refractivity (Wildman–Crippen MR) is 80.7 cm³/mol. The third-order valence-corrected chi connectivity index (χ3v) is 4.26. The highest BCUT2D eigenvalue weighted by atomic mass is 16.5. The zero-order valence-corrected chi connectivity index (χ0v) is 13.1. The fraction of sp³-hybridized carbons (Fsp3) is 0.500. The summed E-state index contributed by atoms with van der Waals surface area (Å²) in [4.78, 5) is 12.4. The van der Waals surface area contributed by atoms with Gasteiger partial charge in [-0.25, -0.2) is 0 Å². The van der Waals surface area contributed by atoms with Crippen LogP contribution in [0.5, 0.6) is 0 Å². The summed E-state index contributed by atoms with van der Waals surface area (Å²) in [5, 5.41) is 6.98. The highest BCUT2D eigenvalue weighted by molar-refractivity contribution is 5.93. The maximum Gasteiger partial charge on any atom is 0.268 e. The van der Waals surface area contributed by atoms with Crippen molar-refractivity contribution >= 4 is 5.91 Å². The molecule has 0 radical (unpaired) electrons. The van der Waals surface area contributed by atoms with Gasteiger partial charge in [-0.1, -0.05) is 5.16 Å². The molecule has 2 aromatic rings. The van der Waals surface area contributed by atoms with Crippen LogP contribution in [0.15, 0.2) is 22.7 Å². The van der Waals surface area contributed by atoms with Crippen molar-refractivity contribution in [3.8, 4) is 0 Å². The lowest BCUT2D eigenvalue weighted by Gasteiger charge is -2.18. The van der Waals surface area contributed by atoms with Crippen LogP contribution in [0.4, 0.5) is 0 Å². The quantitative estimate of drug-likeness (QED) is 0.932. The Kier molecular flexibility index (Phi) is 4.02. The van der Waals surface area contributed by atoms with Crippen molar-refractivity contribution < 1.29 is 14.1 Å². The molecular weight excluding hydrogens is 282 g/mol. The second-order valence-corrected chi connectivity index (χ2v) is 5.94. The van der Waals surface area contributed by atoms with E-state index in [9.17, 15) is 4.79 Å². The molecule has 0 aromatic carbocycles. The predicted octanol–water partition coefficient (Wildman–Crippen LogP) is 1.62. The first-order valence-electron chi connectivity index (χ1n) is 7.47. The lowest BCUT2D eigenvalue weighted by Crippen LogP contribution is -2.41. The van der Waals surface area contributed by atoms with Gasteiger partial charge in [0.1, 0.15) is 11.5 Å². The van der Waals surface area contributed by atoms with Crippen LogP contribution < -0.4 is 5.32 Å². The molecule has 0 saturated carbocycles. The van der Waals surface area contributed by atoms with Crippen molar-refractivity contribution in [1.29, 1.82) is 0 Å².